The third-order valence-corrected chi connectivity index (χ3v) is 6.20. The molecule has 0 aliphatic carbocycles. The number of fused-ring (bicyclic) bond motifs is 1. The number of aromatic nitrogens is 4. The van der Waals surface area contributed by atoms with Gasteiger partial charge in [0.25, 0.3) is 0 Å². The Morgan fingerprint density at radius 1 is 1.24 bits per heavy atom. The summed E-state index contributed by atoms with van der Waals surface area (Å²) in [4.78, 5) is 17.1. The average Bonchev–Trinajstić information content (AvgIpc) is 3.30. The maximum Gasteiger partial charge on any atom is 0.227 e. The van der Waals surface area contributed by atoms with Crippen LogP contribution in [-0.4, -0.2) is 72.5 Å². The molecule has 9 heteroatoms. The number of aryl methyl sites for hydroxylation is 2. The molecule has 2 atom stereocenters. The molecule has 0 saturated carbocycles. The second-order valence-electron chi connectivity index (χ2n) is 8.43. The lowest BCUT2D eigenvalue weighted by Gasteiger charge is -2.27. The zero-order valence-electron chi connectivity index (χ0n) is 17.6. The number of amides is 1. The Hall–Kier alpha value is -2.26. The van der Waals surface area contributed by atoms with Gasteiger partial charge in [-0.1, -0.05) is 5.16 Å². The summed E-state index contributed by atoms with van der Waals surface area (Å²) in [6.45, 7) is 10.6. The molecule has 0 radical (unpaired) electrons. The summed E-state index contributed by atoms with van der Waals surface area (Å²) in [5, 5.41) is 23.0. The highest BCUT2D eigenvalue weighted by atomic mass is 16.5. The van der Waals surface area contributed by atoms with Crippen LogP contribution in [0.3, 0.4) is 0 Å². The fraction of sp³-hybridized carbons (Fsp3) is 0.700. The lowest BCUT2D eigenvalue weighted by molar-refractivity contribution is -0.130. The standard InChI is InChI=1S/C20H30N6O3/c1-12(2)26-11-15(27)9-17(26)20-22-21-18-5-6-24(7-8-25(18)20)19(28)10-16-13(3)23-29-14(16)4/h12,15,17,27H,5-11H2,1-4H3/t15-,17+/m1/s1. The fourth-order valence-electron chi connectivity index (χ4n) is 4.52. The quantitative estimate of drug-likeness (QED) is 0.815. The Morgan fingerprint density at radius 3 is 2.72 bits per heavy atom. The first-order chi connectivity index (χ1) is 13.8. The molecule has 0 spiro atoms. The molecule has 0 aromatic carbocycles. The van der Waals surface area contributed by atoms with Crippen molar-refractivity contribution in [2.45, 2.75) is 71.7 Å². The van der Waals surface area contributed by atoms with Crippen LogP contribution in [0.2, 0.25) is 0 Å². The van der Waals surface area contributed by atoms with Crippen molar-refractivity contribution in [1.29, 1.82) is 0 Å². The van der Waals surface area contributed by atoms with Crippen molar-refractivity contribution in [2.75, 3.05) is 19.6 Å². The Labute approximate surface area is 170 Å². The molecular weight excluding hydrogens is 372 g/mol. The van der Waals surface area contributed by atoms with E-state index in [-0.39, 0.29) is 18.1 Å². The molecule has 1 amide bonds. The normalized spacial score (nSPS) is 22.9. The topological polar surface area (TPSA) is 101 Å². The summed E-state index contributed by atoms with van der Waals surface area (Å²) in [6.07, 6.45) is 1.32. The van der Waals surface area contributed by atoms with Gasteiger partial charge in [-0.2, -0.15) is 0 Å². The molecule has 1 N–H and O–H groups in total. The largest absolute Gasteiger partial charge is 0.392 e. The highest BCUT2D eigenvalue weighted by Gasteiger charge is 2.37. The summed E-state index contributed by atoms with van der Waals surface area (Å²) < 4.78 is 7.34. The molecule has 2 aromatic heterocycles. The van der Waals surface area contributed by atoms with E-state index in [1.165, 1.54) is 0 Å². The van der Waals surface area contributed by atoms with Gasteiger partial charge >= 0.3 is 0 Å². The van der Waals surface area contributed by atoms with Crippen LogP contribution in [0.1, 0.15) is 55.0 Å². The number of nitrogens with zero attached hydrogens (tertiary/aromatic N) is 6. The maximum absolute atomic E-state index is 12.9. The number of hydrogen-bond donors (Lipinski definition) is 1. The minimum atomic E-state index is -0.339. The van der Waals surface area contributed by atoms with E-state index in [4.69, 9.17) is 4.52 Å². The van der Waals surface area contributed by atoms with E-state index >= 15 is 0 Å². The molecule has 0 unspecified atom stereocenters. The smallest absolute Gasteiger partial charge is 0.227 e. The molecule has 29 heavy (non-hydrogen) atoms. The van der Waals surface area contributed by atoms with Crippen molar-refractivity contribution in [3.63, 3.8) is 0 Å². The Balaban J connectivity index is 1.48. The lowest BCUT2D eigenvalue weighted by atomic mass is 10.1. The van der Waals surface area contributed by atoms with Crippen LogP contribution in [0.5, 0.6) is 0 Å². The van der Waals surface area contributed by atoms with Crippen LogP contribution < -0.4 is 0 Å². The molecule has 2 aliphatic heterocycles. The van der Waals surface area contributed by atoms with E-state index in [1.807, 2.05) is 18.7 Å². The van der Waals surface area contributed by atoms with Crippen molar-refractivity contribution >= 4 is 5.91 Å². The Kier molecular flexibility index (Phi) is 5.44. The van der Waals surface area contributed by atoms with E-state index in [2.05, 4.69) is 38.7 Å². The molecule has 4 rings (SSSR count). The first-order valence-electron chi connectivity index (χ1n) is 10.4. The van der Waals surface area contributed by atoms with Gasteiger partial charge in [0.2, 0.25) is 5.91 Å². The molecule has 0 bridgehead atoms. The summed E-state index contributed by atoms with van der Waals surface area (Å²) in [5.41, 5.74) is 1.66. The third-order valence-electron chi connectivity index (χ3n) is 6.20. The van der Waals surface area contributed by atoms with Crippen molar-refractivity contribution in [3.05, 3.63) is 28.7 Å². The summed E-state index contributed by atoms with van der Waals surface area (Å²) >= 11 is 0. The predicted molar refractivity (Wildman–Crippen MR) is 105 cm³/mol. The Morgan fingerprint density at radius 2 is 2.03 bits per heavy atom. The van der Waals surface area contributed by atoms with Gasteiger partial charge in [0.1, 0.15) is 11.6 Å². The first-order valence-corrected chi connectivity index (χ1v) is 10.4. The van der Waals surface area contributed by atoms with E-state index in [9.17, 15) is 9.90 Å². The molecule has 1 saturated heterocycles. The molecular formula is C20H30N6O3. The number of aliphatic hydroxyl groups is 1. The van der Waals surface area contributed by atoms with Crippen LogP contribution in [0.25, 0.3) is 0 Å². The minimum Gasteiger partial charge on any atom is -0.392 e. The van der Waals surface area contributed by atoms with Crippen molar-refractivity contribution in [3.8, 4) is 0 Å². The van der Waals surface area contributed by atoms with E-state index in [1.54, 1.807) is 0 Å². The van der Waals surface area contributed by atoms with Gasteiger partial charge in [-0.3, -0.25) is 9.69 Å². The Bertz CT molecular complexity index is 869. The van der Waals surface area contributed by atoms with Gasteiger partial charge in [-0.25, -0.2) is 0 Å². The van der Waals surface area contributed by atoms with Crippen LogP contribution in [0, 0.1) is 13.8 Å². The van der Waals surface area contributed by atoms with Gasteiger partial charge in [0.05, 0.1) is 24.3 Å². The third kappa shape index (κ3) is 3.81. The SMILES string of the molecule is Cc1noc(C)c1CC(=O)N1CCc2nnc([C@@H]3C[C@@H](O)CN3C(C)C)n2CC1. The number of hydrogen-bond acceptors (Lipinski definition) is 7. The van der Waals surface area contributed by atoms with Gasteiger partial charge < -0.3 is 19.1 Å². The molecule has 4 heterocycles. The predicted octanol–water partition coefficient (Wildman–Crippen LogP) is 1.03. The van der Waals surface area contributed by atoms with Gasteiger partial charge in [0.15, 0.2) is 5.82 Å². The van der Waals surface area contributed by atoms with E-state index in [0.717, 1.165) is 22.9 Å². The average molecular weight is 402 g/mol. The zero-order chi connectivity index (χ0) is 20.7. The number of aliphatic hydroxyl groups excluding tert-OH is 1. The number of rotatable bonds is 4. The first kappa shape index (κ1) is 20.0. The van der Waals surface area contributed by atoms with Gasteiger partial charge in [-0.05, 0) is 34.1 Å². The molecule has 158 valence electrons. The second kappa shape index (κ2) is 7.87. The van der Waals surface area contributed by atoms with Crippen LogP contribution in [0.4, 0.5) is 0 Å². The minimum absolute atomic E-state index is 0.0656. The maximum atomic E-state index is 12.9. The summed E-state index contributed by atoms with van der Waals surface area (Å²) in [7, 11) is 0. The monoisotopic (exact) mass is 402 g/mol. The lowest BCUT2D eigenvalue weighted by Crippen LogP contribution is -2.35. The highest BCUT2D eigenvalue weighted by Crippen LogP contribution is 2.33. The van der Waals surface area contributed by atoms with Crippen molar-refractivity contribution in [1.82, 2.24) is 29.7 Å². The van der Waals surface area contributed by atoms with Gasteiger partial charge in [0, 0.05) is 44.2 Å². The van der Waals surface area contributed by atoms with Crippen LogP contribution in [0.15, 0.2) is 4.52 Å². The molecule has 2 aromatic rings. The summed E-state index contributed by atoms with van der Waals surface area (Å²) in [5.74, 6) is 2.61. The summed E-state index contributed by atoms with van der Waals surface area (Å²) in [6, 6.07) is 0.389. The van der Waals surface area contributed by atoms with Crippen molar-refractivity contribution in [2.24, 2.45) is 0 Å². The molecule has 2 aliphatic rings. The number of carbonyl (C=O) groups is 1. The van der Waals surface area contributed by atoms with Crippen molar-refractivity contribution < 1.29 is 14.4 Å². The van der Waals surface area contributed by atoms with E-state index in [0.29, 0.717) is 57.2 Å². The highest BCUT2D eigenvalue weighted by molar-refractivity contribution is 5.79. The number of carbonyl (C=O) groups excluding carboxylic acids is 1. The fourth-order valence-corrected chi connectivity index (χ4v) is 4.52. The molecule has 1 fully saturated rings. The molecule has 9 nitrogen and oxygen atoms in total. The van der Waals surface area contributed by atoms with E-state index < -0.39 is 0 Å². The number of likely N-dealkylation sites (tertiary alicyclic amines) is 1. The van der Waals surface area contributed by atoms with Crippen LogP contribution >= 0.6 is 0 Å². The van der Waals surface area contributed by atoms with Crippen LogP contribution in [-0.2, 0) is 24.2 Å². The van der Waals surface area contributed by atoms with Gasteiger partial charge in [-0.15, -0.1) is 10.2 Å². The number of β-amino-alcohol motifs (C(OH)–C–C–N with tert-alkyl or cyclic N) is 1. The zero-order valence-corrected chi connectivity index (χ0v) is 17.6. The second-order valence-corrected chi connectivity index (χ2v) is 8.43.